The second kappa shape index (κ2) is 6.95. The van der Waals surface area contributed by atoms with Gasteiger partial charge in [0.25, 0.3) is 0 Å². The first-order chi connectivity index (χ1) is 9.31. The number of rotatable bonds is 7. The van der Waals surface area contributed by atoms with Crippen LogP contribution in [0, 0.1) is 0 Å². The molecule has 4 heteroatoms. The standard InChI is InChI=1S/C15H21N3O/c1-3-9-16-10-13-5-7-14(8-6-13)19-15-11-17-18(4-2)12-15/h5-8,11-12,16H,3-4,9-10H2,1-2H3. The van der Waals surface area contributed by atoms with Gasteiger partial charge in [0.15, 0.2) is 5.75 Å². The summed E-state index contributed by atoms with van der Waals surface area (Å²) in [7, 11) is 0. The molecule has 0 aliphatic rings. The molecule has 0 saturated carbocycles. The van der Waals surface area contributed by atoms with Gasteiger partial charge in [0.2, 0.25) is 0 Å². The van der Waals surface area contributed by atoms with Crippen molar-refractivity contribution in [3.8, 4) is 11.5 Å². The number of ether oxygens (including phenoxy) is 1. The van der Waals surface area contributed by atoms with Crippen molar-refractivity contribution in [1.82, 2.24) is 15.1 Å². The highest BCUT2D eigenvalue weighted by atomic mass is 16.5. The zero-order valence-electron chi connectivity index (χ0n) is 11.6. The summed E-state index contributed by atoms with van der Waals surface area (Å²) < 4.78 is 7.58. The van der Waals surface area contributed by atoms with Gasteiger partial charge < -0.3 is 10.1 Å². The molecule has 1 heterocycles. The van der Waals surface area contributed by atoms with Gasteiger partial charge in [0.1, 0.15) is 5.75 Å². The monoisotopic (exact) mass is 259 g/mol. The van der Waals surface area contributed by atoms with Crippen LogP contribution >= 0.6 is 0 Å². The van der Waals surface area contributed by atoms with E-state index in [-0.39, 0.29) is 0 Å². The van der Waals surface area contributed by atoms with E-state index in [1.165, 1.54) is 5.56 Å². The smallest absolute Gasteiger partial charge is 0.165 e. The summed E-state index contributed by atoms with van der Waals surface area (Å²) in [5, 5.41) is 7.56. The Labute approximate surface area is 114 Å². The van der Waals surface area contributed by atoms with Gasteiger partial charge >= 0.3 is 0 Å². The van der Waals surface area contributed by atoms with Gasteiger partial charge in [-0.05, 0) is 37.6 Å². The maximum atomic E-state index is 5.74. The Kier molecular flexibility index (Phi) is 4.98. The lowest BCUT2D eigenvalue weighted by molar-refractivity contribution is 0.481. The number of benzene rings is 1. The Morgan fingerprint density at radius 3 is 2.58 bits per heavy atom. The van der Waals surface area contributed by atoms with Crippen LogP contribution in [0.15, 0.2) is 36.7 Å². The summed E-state index contributed by atoms with van der Waals surface area (Å²) in [4.78, 5) is 0. The predicted octanol–water partition coefficient (Wildman–Crippen LogP) is 3.19. The van der Waals surface area contributed by atoms with Gasteiger partial charge in [-0.15, -0.1) is 0 Å². The molecule has 2 aromatic rings. The van der Waals surface area contributed by atoms with Crippen LogP contribution in [0.3, 0.4) is 0 Å². The minimum absolute atomic E-state index is 0.777. The first-order valence-corrected chi connectivity index (χ1v) is 6.81. The van der Waals surface area contributed by atoms with Crippen molar-refractivity contribution >= 4 is 0 Å². The van der Waals surface area contributed by atoms with Crippen LogP contribution in [-0.2, 0) is 13.1 Å². The van der Waals surface area contributed by atoms with Crippen molar-refractivity contribution in [1.29, 1.82) is 0 Å². The summed E-state index contributed by atoms with van der Waals surface area (Å²) in [6.45, 7) is 7.02. The molecular weight excluding hydrogens is 238 g/mol. The van der Waals surface area contributed by atoms with E-state index in [9.17, 15) is 0 Å². The summed E-state index contributed by atoms with van der Waals surface area (Å²) in [5.41, 5.74) is 1.27. The fourth-order valence-electron chi connectivity index (χ4n) is 1.79. The van der Waals surface area contributed by atoms with E-state index in [0.717, 1.165) is 37.6 Å². The molecule has 0 bridgehead atoms. The summed E-state index contributed by atoms with van der Waals surface area (Å²) in [6, 6.07) is 8.16. The molecule has 4 nitrogen and oxygen atoms in total. The second-order valence-electron chi connectivity index (χ2n) is 4.45. The van der Waals surface area contributed by atoms with Crippen LogP contribution in [0.1, 0.15) is 25.8 Å². The van der Waals surface area contributed by atoms with Crippen LogP contribution in [0.2, 0.25) is 0 Å². The summed E-state index contributed by atoms with van der Waals surface area (Å²) in [6.07, 6.45) is 4.79. The molecule has 1 aromatic carbocycles. The number of nitrogens with one attached hydrogen (secondary N) is 1. The van der Waals surface area contributed by atoms with E-state index in [0.29, 0.717) is 0 Å². The van der Waals surface area contributed by atoms with Crippen molar-refractivity contribution in [2.75, 3.05) is 6.54 Å². The predicted molar refractivity (Wildman–Crippen MR) is 76.4 cm³/mol. The Morgan fingerprint density at radius 1 is 1.16 bits per heavy atom. The first kappa shape index (κ1) is 13.6. The van der Waals surface area contributed by atoms with Gasteiger partial charge in [-0.1, -0.05) is 19.1 Å². The average molecular weight is 259 g/mol. The number of hydrogen-bond acceptors (Lipinski definition) is 3. The molecule has 0 fully saturated rings. The fraction of sp³-hybridized carbons (Fsp3) is 0.400. The molecule has 0 aliphatic carbocycles. The molecule has 102 valence electrons. The van der Waals surface area contributed by atoms with Crippen molar-refractivity contribution in [2.45, 2.75) is 33.4 Å². The fourth-order valence-corrected chi connectivity index (χ4v) is 1.79. The van der Waals surface area contributed by atoms with E-state index >= 15 is 0 Å². The lowest BCUT2D eigenvalue weighted by Crippen LogP contribution is -2.13. The van der Waals surface area contributed by atoms with Crippen molar-refractivity contribution < 1.29 is 4.74 Å². The molecule has 0 unspecified atom stereocenters. The third-order valence-electron chi connectivity index (χ3n) is 2.85. The highest BCUT2D eigenvalue weighted by Crippen LogP contribution is 2.20. The van der Waals surface area contributed by atoms with Gasteiger partial charge in [-0.25, -0.2) is 0 Å². The van der Waals surface area contributed by atoms with E-state index in [4.69, 9.17) is 4.74 Å². The number of aromatic nitrogens is 2. The van der Waals surface area contributed by atoms with Crippen LogP contribution in [0.5, 0.6) is 11.5 Å². The Bertz CT molecular complexity index is 490. The summed E-state index contributed by atoms with van der Waals surface area (Å²) >= 11 is 0. The van der Waals surface area contributed by atoms with E-state index in [2.05, 4.69) is 36.4 Å². The molecule has 2 rings (SSSR count). The van der Waals surface area contributed by atoms with Crippen LogP contribution < -0.4 is 10.1 Å². The third kappa shape index (κ3) is 4.10. The summed E-state index contributed by atoms with van der Waals surface area (Å²) in [5.74, 6) is 1.62. The van der Waals surface area contributed by atoms with Crippen molar-refractivity contribution in [2.24, 2.45) is 0 Å². The van der Waals surface area contributed by atoms with Crippen molar-refractivity contribution in [3.05, 3.63) is 42.2 Å². The molecule has 0 atom stereocenters. The number of aryl methyl sites for hydroxylation is 1. The average Bonchev–Trinajstić information content (AvgIpc) is 2.89. The number of nitrogens with zero attached hydrogens (tertiary/aromatic N) is 2. The molecule has 19 heavy (non-hydrogen) atoms. The van der Waals surface area contributed by atoms with Gasteiger partial charge in [-0.3, -0.25) is 4.68 Å². The molecule has 1 aromatic heterocycles. The van der Waals surface area contributed by atoms with E-state index < -0.39 is 0 Å². The zero-order chi connectivity index (χ0) is 13.5. The molecule has 1 N–H and O–H groups in total. The maximum absolute atomic E-state index is 5.74. The Morgan fingerprint density at radius 2 is 1.95 bits per heavy atom. The lowest BCUT2D eigenvalue weighted by Gasteiger charge is -2.05. The normalized spacial score (nSPS) is 10.6. The zero-order valence-corrected chi connectivity index (χ0v) is 11.6. The quantitative estimate of drug-likeness (QED) is 0.776. The Balaban J connectivity index is 1.90. The SMILES string of the molecule is CCCNCc1ccc(Oc2cnn(CC)c2)cc1. The molecule has 0 aliphatic heterocycles. The minimum Gasteiger partial charge on any atom is -0.454 e. The maximum Gasteiger partial charge on any atom is 0.165 e. The molecule has 0 amide bonds. The highest BCUT2D eigenvalue weighted by Gasteiger charge is 2.00. The molecule has 0 radical (unpaired) electrons. The molecular formula is C15H21N3O. The number of hydrogen-bond donors (Lipinski definition) is 1. The lowest BCUT2D eigenvalue weighted by atomic mass is 10.2. The topological polar surface area (TPSA) is 39.1 Å². The molecule has 0 spiro atoms. The highest BCUT2D eigenvalue weighted by molar-refractivity contribution is 5.31. The largest absolute Gasteiger partial charge is 0.454 e. The second-order valence-corrected chi connectivity index (χ2v) is 4.45. The van der Waals surface area contributed by atoms with E-state index in [1.807, 2.05) is 23.0 Å². The van der Waals surface area contributed by atoms with Crippen LogP contribution in [-0.4, -0.2) is 16.3 Å². The van der Waals surface area contributed by atoms with Crippen molar-refractivity contribution in [3.63, 3.8) is 0 Å². The van der Waals surface area contributed by atoms with Gasteiger partial charge in [-0.2, -0.15) is 5.10 Å². The van der Waals surface area contributed by atoms with Gasteiger partial charge in [0.05, 0.1) is 12.4 Å². The first-order valence-electron chi connectivity index (χ1n) is 6.81. The molecule has 0 saturated heterocycles. The van der Waals surface area contributed by atoms with Crippen LogP contribution in [0.4, 0.5) is 0 Å². The van der Waals surface area contributed by atoms with Gasteiger partial charge in [0, 0.05) is 13.1 Å². The third-order valence-corrected chi connectivity index (χ3v) is 2.85. The van der Waals surface area contributed by atoms with E-state index in [1.54, 1.807) is 6.20 Å². The Hall–Kier alpha value is -1.81. The minimum atomic E-state index is 0.777. The van der Waals surface area contributed by atoms with Crippen LogP contribution in [0.25, 0.3) is 0 Å².